The van der Waals surface area contributed by atoms with Gasteiger partial charge in [0, 0.05) is 5.57 Å². The smallest absolute Gasteiger partial charge is 0.421 e. The predicted octanol–water partition coefficient (Wildman–Crippen LogP) is 2.30. The molecule has 0 saturated heterocycles. The first-order valence-electron chi connectivity index (χ1n) is 5.31. The molecule has 0 unspecified atom stereocenters. The molecule has 0 bridgehead atoms. The van der Waals surface area contributed by atoms with E-state index in [0.29, 0.717) is 5.69 Å². The van der Waals surface area contributed by atoms with Gasteiger partial charge in [-0.15, -0.1) is 0 Å². The minimum absolute atomic E-state index is 0.0539. The number of anilines is 2. The summed E-state index contributed by atoms with van der Waals surface area (Å²) < 4.78 is 0. The van der Waals surface area contributed by atoms with Gasteiger partial charge < -0.3 is 15.1 Å². The third-order valence-corrected chi connectivity index (χ3v) is 2.12. The average molecular weight is 280 g/mol. The van der Waals surface area contributed by atoms with Crippen molar-refractivity contribution in [2.45, 2.75) is 6.92 Å². The summed E-state index contributed by atoms with van der Waals surface area (Å²) in [4.78, 5) is 37.5. The van der Waals surface area contributed by atoms with E-state index in [9.17, 15) is 14.4 Å². The first-order chi connectivity index (χ1) is 9.32. The van der Waals surface area contributed by atoms with Crippen molar-refractivity contribution in [3.8, 4) is 0 Å². The van der Waals surface area contributed by atoms with Gasteiger partial charge in [0.1, 0.15) is 0 Å². The minimum Gasteiger partial charge on any atom is -0.464 e. The molecule has 20 heavy (non-hydrogen) atoms. The Morgan fingerprint density at radius 3 is 2.05 bits per heavy atom. The molecule has 0 saturated carbocycles. The van der Waals surface area contributed by atoms with E-state index in [-0.39, 0.29) is 16.2 Å². The number of hydrogen-bond acceptors (Lipinski definition) is 5. The van der Waals surface area contributed by atoms with Gasteiger partial charge in [0.2, 0.25) is 0 Å². The van der Waals surface area contributed by atoms with Crippen LogP contribution in [0.2, 0.25) is 0 Å². The second-order valence-corrected chi connectivity index (χ2v) is 3.72. The molecule has 2 amide bonds. The van der Waals surface area contributed by atoms with Crippen molar-refractivity contribution in [3.63, 3.8) is 0 Å². The van der Waals surface area contributed by atoms with Crippen molar-refractivity contribution in [2.75, 3.05) is 10.4 Å². The Hall–Kier alpha value is -3.03. The minimum atomic E-state index is -1.62. The van der Waals surface area contributed by atoms with Crippen LogP contribution in [0.15, 0.2) is 36.4 Å². The van der Waals surface area contributed by atoms with Gasteiger partial charge in [-0.05, 0) is 31.2 Å². The highest BCUT2D eigenvalue weighted by Gasteiger charge is 2.21. The summed E-state index contributed by atoms with van der Waals surface area (Å²) in [5.41, 5.74) is 2.82. The monoisotopic (exact) mass is 280 g/mol. The second kappa shape index (κ2) is 6.23. The number of amides is 2. The van der Waals surface area contributed by atoms with Crippen LogP contribution in [-0.2, 0) is 9.63 Å². The highest BCUT2D eigenvalue weighted by Crippen LogP contribution is 2.18. The number of nitrogens with one attached hydrogen (secondary N) is 1. The van der Waals surface area contributed by atoms with Crippen molar-refractivity contribution in [2.24, 2.45) is 0 Å². The Bertz CT molecular complexity index is 538. The summed E-state index contributed by atoms with van der Waals surface area (Å²) in [5.74, 6) is -0.647. The van der Waals surface area contributed by atoms with Crippen LogP contribution >= 0.6 is 0 Å². The Kier molecular flexibility index (Phi) is 4.68. The van der Waals surface area contributed by atoms with Crippen LogP contribution in [0, 0.1) is 0 Å². The molecule has 1 rings (SSSR count). The number of imide groups is 1. The van der Waals surface area contributed by atoms with Gasteiger partial charge >= 0.3 is 18.2 Å². The van der Waals surface area contributed by atoms with Crippen molar-refractivity contribution in [3.05, 3.63) is 36.4 Å². The topological polar surface area (TPSA) is 116 Å². The predicted molar refractivity (Wildman–Crippen MR) is 69.5 cm³/mol. The fraction of sp³-hybridized carbons (Fsp3) is 0.0833. The van der Waals surface area contributed by atoms with Crippen LogP contribution in [0.25, 0.3) is 0 Å². The number of hydrogen-bond donors (Lipinski definition) is 3. The maximum atomic E-state index is 11.1. The largest absolute Gasteiger partial charge is 0.464 e. The van der Waals surface area contributed by atoms with Crippen LogP contribution in [-0.4, -0.2) is 28.4 Å². The molecule has 0 aliphatic carbocycles. The molecular formula is C12H12N2O6. The summed E-state index contributed by atoms with van der Waals surface area (Å²) in [7, 11) is 0. The van der Waals surface area contributed by atoms with Crippen LogP contribution in [0.5, 0.6) is 0 Å². The quantitative estimate of drug-likeness (QED) is 0.572. The van der Waals surface area contributed by atoms with Crippen molar-refractivity contribution < 1.29 is 29.4 Å². The molecule has 0 fully saturated rings. The SMILES string of the molecule is C=C(C)C(=O)ONc1ccc(N(C(=O)O)C(=O)O)cc1. The van der Waals surface area contributed by atoms with Crippen molar-refractivity contribution >= 4 is 29.5 Å². The lowest BCUT2D eigenvalue weighted by molar-refractivity contribution is -0.136. The second-order valence-electron chi connectivity index (χ2n) is 3.72. The molecule has 106 valence electrons. The van der Waals surface area contributed by atoms with Crippen molar-refractivity contribution in [1.29, 1.82) is 0 Å². The molecule has 0 radical (unpaired) electrons. The zero-order valence-corrected chi connectivity index (χ0v) is 10.5. The fourth-order valence-electron chi connectivity index (χ4n) is 1.17. The number of nitrogens with zero attached hydrogens (tertiary/aromatic N) is 1. The van der Waals surface area contributed by atoms with Gasteiger partial charge in [0.25, 0.3) is 0 Å². The molecule has 1 aromatic rings. The molecule has 1 aromatic carbocycles. The fourth-order valence-corrected chi connectivity index (χ4v) is 1.17. The first kappa shape index (κ1) is 15.0. The molecule has 0 spiro atoms. The number of carboxylic acid groups (broad SMARTS) is 2. The van der Waals surface area contributed by atoms with E-state index in [1.807, 2.05) is 0 Å². The standard InChI is InChI=1S/C12H12N2O6/c1-7(2)10(15)20-13-8-3-5-9(6-4-8)14(11(16)17)12(18)19/h3-6,13H,1H2,2H3,(H,16,17)(H,18,19). The number of rotatable bonds is 4. The van der Waals surface area contributed by atoms with Gasteiger partial charge in [-0.25, -0.2) is 19.9 Å². The van der Waals surface area contributed by atoms with E-state index in [0.717, 1.165) is 0 Å². The van der Waals surface area contributed by atoms with Gasteiger partial charge in [-0.1, -0.05) is 6.58 Å². The molecule has 3 N–H and O–H groups in total. The Morgan fingerprint density at radius 1 is 1.15 bits per heavy atom. The van der Waals surface area contributed by atoms with E-state index in [2.05, 4.69) is 16.9 Å². The van der Waals surface area contributed by atoms with E-state index >= 15 is 0 Å². The summed E-state index contributed by atoms with van der Waals surface area (Å²) in [6.07, 6.45) is -3.24. The van der Waals surface area contributed by atoms with Gasteiger partial charge in [0.05, 0.1) is 11.4 Å². The van der Waals surface area contributed by atoms with Crippen LogP contribution in [0.3, 0.4) is 0 Å². The first-order valence-corrected chi connectivity index (χ1v) is 5.31. The highest BCUT2D eigenvalue weighted by atomic mass is 16.7. The molecule has 0 aromatic heterocycles. The normalized spacial score (nSPS) is 9.45. The highest BCUT2D eigenvalue weighted by molar-refractivity contribution is 6.07. The summed E-state index contributed by atoms with van der Waals surface area (Å²) >= 11 is 0. The molecule has 0 aliphatic heterocycles. The zero-order chi connectivity index (χ0) is 15.3. The van der Waals surface area contributed by atoms with E-state index in [4.69, 9.17) is 10.2 Å². The van der Waals surface area contributed by atoms with Gasteiger partial charge in [-0.2, -0.15) is 4.90 Å². The average Bonchev–Trinajstić information content (AvgIpc) is 2.36. The molecular weight excluding hydrogens is 268 g/mol. The maximum Gasteiger partial charge on any atom is 0.421 e. The number of carbonyl (C=O) groups excluding carboxylic acids is 1. The van der Waals surface area contributed by atoms with Crippen LogP contribution < -0.4 is 10.4 Å². The molecule has 0 atom stereocenters. The third-order valence-electron chi connectivity index (χ3n) is 2.12. The molecule has 8 heteroatoms. The molecule has 0 aliphatic rings. The lowest BCUT2D eigenvalue weighted by Crippen LogP contribution is -2.34. The van der Waals surface area contributed by atoms with Crippen LogP contribution in [0.4, 0.5) is 21.0 Å². The summed E-state index contributed by atoms with van der Waals surface area (Å²) in [6, 6.07) is 5.22. The molecule has 0 heterocycles. The maximum absolute atomic E-state index is 11.1. The molecule has 8 nitrogen and oxygen atoms in total. The Morgan fingerprint density at radius 2 is 1.65 bits per heavy atom. The lowest BCUT2D eigenvalue weighted by atomic mass is 10.2. The zero-order valence-electron chi connectivity index (χ0n) is 10.5. The Balaban J connectivity index is 2.78. The van der Waals surface area contributed by atoms with Gasteiger partial charge in [-0.3, -0.25) is 0 Å². The van der Waals surface area contributed by atoms with Crippen LogP contribution in [0.1, 0.15) is 6.92 Å². The van der Waals surface area contributed by atoms with E-state index in [1.54, 1.807) is 0 Å². The van der Waals surface area contributed by atoms with E-state index < -0.39 is 18.2 Å². The van der Waals surface area contributed by atoms with E-state index in [1.165, 1.54) is 31.2 Å². The lowest BCUT2D eigenvalue weighted by Gasteiger charge is -2.14. The number of benzene rings is 1. The Labute approximate surface area is 113 Å². The number of carbonyl (C=O) groups is 3. The third kappa shape index (κ3) is 3.73. The van der Waals surface area contributed by atoms with Gasteiger partial charge in [0.15, 0.2) is 0 Å². The summed E-state index contributed by atoms with van der Waals surface area (Å²) in [5, 5.41) is 17.5. The van der Waals surface area contributed by atoms with Crippen molar-refractivity contribution in [1.82, 2.24) is 0 Å². The summed E-state index contributed by atoms with van der Waals surface area (Å²) in [6.45, 7) is 4.87.